The van der Waals surface area contributed by atoms with Crippen LogP contribution in [0.15, 0.2) is 35.1 Å². The van der Waals surface area contributed by atoms with E-state index in [-0.39, 0.29) is 26.0 Å². The SMILES string of the molecule is CC1(C)CC(C)(C)CC(O)(C(F)(F)C(O)N2CCC[C@H]2c2cc(COc3cccnc3)on2)C1. The molecule has 188 valence electrons. The van der Waals surface area contributed by atoms with E-state index < -0.39 is 34.6 Å². The molecule has 2 aliphatic rings. The van der Waals surface area contributed by atoms with Crippen LogP contribution in [0.2, 0.25) is 0 Å². The fourth-order valence-corrected chi connectivity index (χ4v) is 6.29. The molecule has 7 nitrogen and oxygen atoms in total. The number of aromatic nitrogens is 2. The van der Waals surface area contributed by atoms with Crippen molar-refractivity contribution in [3.8, 4) is 5.75 Å². The maximum absolute atomic E-state index is 15.8. The molecule has 2 aromatic rings. The van der Waals surface area contributed by atoms with Gasteiger partial charge in [0.15, 0.2) is 12.0 Å². The summed E-state index contributed by atoms with van der Waals surface area (Å²) in [6.45, 7) is 7.97. The highest BCUT2D eigenvalue weighted by Crippen LogP contribution is 2.56. The monoisotopic (exact) mass is 479 g/mol. The molecule has 1 saturated heterocycles. The van der Waals surface area contributed by atoms with Crippen molar-refractivity contribution < 1.29 is 28.3 Å². The number of pyridine rings is 1. The van der Waals surface area contributed by atoms with E-state index in [2.05, 4.69) is 10.1 Å². The number of aliphatic hydroxyl groups is 2. The Morgan fingerprint density at radius 3 is 2.59 bits per heavy atom. The van der Waals surface area contributed by atoms with Gasteiger partial charge in [-0.15, -0.1) is 0 Å². The summed E-state index contributed by atoms with van der Waals surface area (Å²) in [5.74, 6) is -2.70. The van der Waals surface area contributed by atoms with Crippen LogP contribution in [-0.4, -0.2) is 49.5 Å². The van der Waals surface area contributed by atoms with E-state index in [9.17, 15) is 10.2 Å². The minimum Gasteiger partial charge on any atom is -0.484 e. The summed E-state index contributed by atoms with van der Waals surface area (Å²) in [4.78, 5) is 5.33. The van der Waals surface area contributed by atoms with Crippen LogP contribution >= 0.6 is 0 Å². The number of halogens is 2. The van der Waals surface area contributed by atoms with Crippen molar-refractivity contribution in [1.29, 1.82) is 0 Å². The van der Waals surface area contributed by atoms with Gasteiger partial charge in [0.25, 0.3) is 0 Å². The molecule has 3 heterocycles. The quantitative estimate of drug-likeness (QED) is 0.594. The number of rotatable bonds is 7. The summed E-state index contributed by atoms with van der Waals surface area (Å²) < 4.78 is 42.6. The molecule has 0 radical (unpaired) electrons. The van der Waals surface area contributed by atoms with Crippen LogP contribution in [0.3, 0.4) is 0 Å². The van der Waals surface area contributed by atoms with E-state index in [1.165, 1.54) is 4.90 Å². The topological polar surface area (TPSA) is 91.9 Å². The number of nitrogens with zero attached hydrogens (tertiary/aromatic N) is 3. The number of hydrogen-bond donors (Lipinski definition) is 2. The van der Waals surface area contributed by atoms with Crippen LogP contribution in [0.25, 0.3) is 0 Å². The maximum Gasteiger partial charge on any atom is 0.314 e. The third-order valence-corrected chi connectivity index (χ3v) is 6.99. The van der Waals surface area contributed by atoms with Gasteiger partial charge in [-0.1, -0.05) is 32.9 Å². The van der Waals surface area contributed by atoms with Gasteiger partial charge in [-0.2, -0.15) is 8.78 Å². The molecule has 9 heteroatoms. The van der Waals surface area contributed by atoms with Gasteiger partial charge in [-0.25, -0.2) is 0 Å². The Kier molecular flexibility index (Phi) is 6.50. The van der Waals surface area contributed by atoms with E-state index in [0.29, 0.717) is 30.0 Å². The average molecular weight is 480 g/mol. The molecular formula is C25H35F2N3O4. The van der Waals surface area contributed by atoms with Gasteiger partial charge in [0.1, 0.15) is 23.7 Å². The summed E-state index contributed by atoms with van der Waals surface area (Å²) >= 11 is 0. The minimum absolute atomic E-state index is 0.0776. The summed E-state index contributed by atoms with van der Waals surface area (Å²) in [6.07, 6.45) is 2.83. The van der Waals surface area contributed by atoms with E-state index in [4.69, 9.17) is 9.26 Å². The lowest BCUT2D eigenvalue weighted by atomic mass is 9.58. The molecule has 1 unspecified atom stereocenters. The Labute approximate surface area is 199 Å². The standard InChI is InChI=1S/C25H35F2N3O4/c1-22(2)14-23(3,4)16-24(32,15-22)25(26,27)21(31)30-10-6-8-20(30)19-11-18(34-29-19)13-33-17-7-5-9-28-12-17/h5,7,9,11-12,20-21,31-32H,6,8,10,13-16H2,1-4H3/t20-,21?/m0/s1. The fourth-order valence-electron chi connectivity index (χ4n) is 6.29. The fraction of sp³-hybridized carbons (Fsp3) is 0.680. The molecule has 2 N–H and O–H groups in total. The Morgan fingerprint density at radius 2 is 1.94 bits per heavy atom. The molecule has 1 saturated carbocycles. The van der Waals surface area contributed by atoms with Crippen molar-refractivity contribution in [2.24, 2.45) is 10.8 Å². The van der Waals surface area contributed by atoms with Gasteiger partial charge in [0.2, 0.25) is 0 Å². The first-order valence-corrected chi connectivity index (χ1v) is 11.8. The van der Waals surface area contributed by atoms with E-state index in [0.717, 1.165) is 6.42 Å². The summed E-state index contributed by atoms with van der Waals surface area (Å²) in [7, 11) is 0. The van der Waals surface area contributed by atoms with Crippen LogP contribution in [0.5, 0.6) is 5.75 Å². The second-order valence-corrected chi connectivity index (χ2v) is 11.5. The second-order valence-electron chi connectivity index (χ2n) is 11.5. The van der Waals surface area contributed by atoms with Gasteiger partial charge >= 0.3 is 5.92 Å². The van der Waals surface area contributed by atoms with Gasteiger partial charge in [-0.3, -0.25) is 9.88 Å². The zero-order chi connectivity index (χ0) is 24.8. The first-order valence-electron chi connectivity index (χ1n) is 11.8. The van der Waals surface area contributed by atoms with Crippen molar-refractivity contribution in [2.45, 2.75) is 90.2 Å². The second kappa shape index (κ2) is 8.84. The molecule has 0 aromatic carbocycles. The van der Waals surface area contributed by atoms with Gasteiger partial charge in [-0.05, 0) is 55.1 Å². The lowest BCUT2D eigenvalue weighted by Gasteiger charge is -2.53. The van der Waals surface area contributed by atoms with Gasteiger partial charge in [0.05, 0.1) is 12.2 Å². The van der Waals surface area contributed by atoms with Crippen molar-refractivity contribution >= 4 is 0 Å². The van der Waals surface area contributed by atoms with Crippen LogP contribution in [0, 0.1) is 10.8 Å². The van der Waals surface area contributed by atoms with Crippen LogP contribution in [-0.2, 0) is 6.61 Å². The number of ether oxygens (including phenoxy) is 1. The lowest BCUT2D eigenvalue weighted by molar-refractivity contribution is -0.292. The van der Waals surface area contributed by atoms with Crippen molar-refractivity contribution in [3.05, 3.63) is 42.0 Å². The zero-order valence-corrected chi connectivity index (χ0v) is 20.3. The highest BCUT2D eigenvalue weighted by molar-refractivity contribution is 5.17. The summed E-state index contributed by atoms with van der Waals surface area (Å²) in [5.41, 5.74) is -2.79. The average Bonchev–Trinajstić information content (AvgIpc) is 3.39. The first-order chi connectivity index (χ1) is 15.8. The third-order valence-electron chi connectivity index (χ3n) is 6.99. The molecule has 1 aliphatic heterocycles. The normalized spacial score (nSPS) is 25.2. The van der Waals surface area contributed by atoms with Gasteiger partial charge < -0.3 is 19.5 Å². The third kappa shape index (κ3) is 4.97. The van der Waals surface area contributed by atoms with Crippen molar-refractivity contribution in [1.82, 2.24) is 15.0 Å². The first kappa shape index (κ1) is 25.0. The molecule has 0 bridgehead atoms. The van der Waals surface area contributed by atoms with Crippen LogP contribution < -0.4 is 4.74 Å². The zero-order valence-electron chi connectivity index (χ0n) is 20.3. The Morgan fingerprint density at radius 1 is 1.24 bits per heavy atom. The largest absolute Gasteiger partial charge is 0.484 e. The van der Waals surface area contributed by atoms with Crippen LogP contribution in [0.1, 0.15) is 77.3 Å². The number of aliphatic hydroxyl groups excluding tert-OH is 1. The molecular weight excluding hydrogens is 444 g/mol. The lowest BCUT2D eigenvalue weighted by Crippen LogP contribution is -2.64. The number of likely N-dealkylation sites (tertiary alicyclic amines) is 1. The molecule has 2 atom stereocenters. The molecule has 4 rings (SSSR count). The Bertz CT molecular complexity index is 964. The molecule has 0 spiro atoms. The summed E-state index contributed by atoms with van der Waals surface area (Å²) in [5, 5.41) is 26.3. The Balaban J connectivity index is 1.50. The molecule has 0 amide bonds. The van der Waals surface area contributed by atoms with E-state index in [1.54, 1.807) is 30.6 Å². The smallest absolute Gasteiger partial charge is 0.314 e. The van der Waals surface area contributed by atoms with Gasteiger partial charge in [0, 0.05) is 18.8 Å². The number of hydrogen-bond acceptors (Lipinski definition) is 7. The number of alkyl halides is 2. The Hall–Kier alpha value is -2.10. The highest BCUT2D eigenvalue weighted by Gasteiger charge is 2.64. The predicted octanol–water partition coefficient (Wildman–Crippen LogP) is 4.71. The highest BCUT2D eigenvalue weighted by atomic mass is 19.3. The molecule has 2 fully saturated rings. The molecule has 1 aliphatic carbocycles. The van der Waals surface area contributed by atoms with E-state index in [1.807, 2.05) is 27.7 Å². The predicted molar refractivity (Wildman–Crippen MR) is 121 cm³/mol. The molecule has 2 aromatic heterocycles. The minimum atomic E-state index is -3.72. The van der Waals surface area contributed by atoms with Crippen molar-refractivity contribution in [2.75, 3.05) is 6.54 Å². The van der Waals surface area contributed by atoms with E-state index >= 15 is 8.78 Å². The van der Waals surface area contributed by atoms with Crippen molar-refractivity contribution in [3.63, 3.8) is 0 Å². The summed E-state index contributed by atoms with van der Waals surface area (Å²) in [6, 6.07) is 4.65. The van der Waals surface area contributed by atoms with Crippen LogP contribution in [0.4, 0.5) is 8.78 Å². The molecule has 34 heavy (non-hydrogen) atoms. The maximum atomic E-state index is 15.8.